The van der Waals surface area contributed by atoms with E-state index in [1.165, 1.54) is 51.7 Å². The molecule has 1 aliphatic carbocycles. The zero-order valence-corrected chi connectivity index (χ0v) is 10.3. The van der Waals surface area contributed by atoms with Crippen LogP contribution in [0.4, 0.5) is 0 Å². The smallest absolute Gasteiger partial charge is 0.0195 e. The molecule has 0 aromatic carbocycles. The summed E-state index contributed by atoms with van der Waals surface area (Å²) in [7, 11) is 0. The van der Waals surface area contributed by atoms with Crippen LogP contribution in [-0.2, 0) is 0 Å². The molecule has 2 rings (SSSR count). The molecule has 0 bridgehead atoms. The lowest BCUT2D eigenvalue weighted by atomic mass is 10.0. The van der Waals surface area contributed by atoms with E-state index >= 15 is 0 Å². The van der Waals surface area contributed by atoms with Crippen molar-refractivity contribution in [3.63, 3.8) is 0 Å². The number of hydrogen-bond donors (Lipinski definition) is 1. The highest BCUT2D eigenvalue weighted by molar-refractivity contribution is 4.84. The molecule has 0 amide bonds. The Morgan fingerprint density at radius 1 is 1.07 bits per heavy atom. The molecular formula is C13H26N2. The van der Waals surface area contributed by atoms with Gasteiger partial charge < -0.3 is 5.32 Å². The Kier molecular flexibility index (Phi) is 4.04. The minimum absolute atomic E-state index is 0.747. The molecule has 88 valence electrons. The van der Waals surface area contributed by atoms with Crippen molar-refractivity contribution < 1.29 is 0 Å². The van der Waals surface area contributed by atoms with E-state index in [9.17, 15) is 0 Å². The van der Waals surface area contributed by atoms with Gasteiger partial charge in [-0.2, -0.15) is 0 Å². The molecule has 1 saturated carbocycles. The fourth-order valence-electron chi connectivity index (χ4n) is 3.20. The first-order valence-electron chi connectivity index (χ1n) is 6.74. The third-order valence-corrected chi connectivity index (χ3v) is 4.25. The van der Waals surface area contributed by atoms with Crippen molar-refractivity contribution in [2.75, 3.05) is 19.6 Å². The predicted molar refractivity (Wildman–Crippen MR) is 65.1 cm³/mol. The summed E-state index contributed by atoms with van der Waals surface area (Å²) in [4.78, 5) is 2.76. The van der Waals surface area contributed by atoms with Gasteiger partial charge in [0.2, 0.25) is 0 Å². The molecule has 2 fully saturated rings. The molecule has 1 heterocycles. The Bertz CT molecular complexity index is 193. The van der Waals surface area contributed by atoms with Gasteiger partial charge >= 0.3 is 0 Å². The van der Waals surface area contributed by atoms with E-state index in [1.54, 1.807) is 0 Å². The summed E-state index contributed by atoms with van der Waals surface area (Å²) in [6.07, 6.45) is 7.22. The summed E-state index contributed by atoms with van der Waals surface area (Å²) in [6.45, 7) is 8.44. The van der Waals surface area contributed by atoms with Gasteiger partial charge in [-0.25, -0.2) is 0 Å². The molecule has 0 radical (unpaired) electrons. The molecule has 1 N–H and O–H groups in total. The molecule has 3 atom stereocenters. The quantitative estimate of drug-likeness (QED) is 0.668. The Morgan fingerprint density at radius 2 is 1.93 bits per heavy atom. The van der Waals surface area contributed by atoms with Crippen LogP contribution in [0.2, 0.25) is 0 Å². The largest absolute Gasteiger partial charge is 0.314 e. The summed E-state index contributed by atoms with van der Waals surface area (Å²) < 4.78 is 0. The minimum Gasteiger partial charge on any atom is -0.314 e. The lowest BCUT2D eigenvalue weighted by molar-refractivity contribution is 0.105. The van der Waals surface area contributed by atoms with Crippen molar-refractivity contribution in [1.29, 1.82) is 0 Å². The van der Waals surface area contributed by atoms with E-state index in [-0.39, 0.29) is 0 Å². The van der Waals surface area contributed by atoms with Gasteiger partial charge in [0, 0.05) is 31.7 Å². The normalized spacial score (nSPS) is 40.0. The Hall–Kier alpha value is -0.0800. The fraction of sp³-hybridized carbons (Fsp3) is 1.00. The van der Waals surface area contributed by atoms with Crippen LogP contribution < -0.4 is 5.32 Å². The highest BCUT2D eigenvalue weighted by Gasteiger charge is 2.27. The molecule has 1 aliphatic heterocycles. The molecule has 0 spiro atoms. The van der Waals surface area contributed by atoms with Gasteiger partial charge in [-0.15, -0.1) is 0 Å². The number of piperazine rings is 1. The molecule has 2 nitrogen and oxygen atoms in total. The number of nitrogens with zero attached hydrogens (tertiary/aromatic N) is 1. The van der Waals surface area contributed by atoms with Crippen LogP contribution in [0.1, 0.15) is 46.0 Å². The number of rotatable bonds is 1. The Morgan fingerprint density at radius 3 is 2.73 bits per heavy atom. The van der Waals surface area contributed by atoms with Gasteiger partial charge in [-0.1, -0.05) is 19.8 Å². The number of hydrogen-bond acceptors (Lipinski definition) is 2. The average molecular weight is 210 g/mol. The van der Waals surface area contributed by atoms with Gasteiger partial charge in [-0.05, 0) is 32.1 Å². The number of nitrogens with one attached hydrogen (secondary N) is 1. The zero-order valence-electron chi connectivity index (χ0n) is 10.3. The fourth-order valence-corrected chi connectivity index (χ4v) is 3.20. The van der Waals surface area contributed by atoms with Crippen LogP contribution in [-0.4, -0.2) is 36.6 Å². The molecular weight excluding hydrogens is 184 g/mol. The Balaban J connectivity index is 1.90. The van der Waals surface area contributed by atoms with Crippen molar-refractivity contribution in [1.82, 2.24) is 10.2 Å². The lowest BCUT2D eigenvalue weighted by Crippen LogP contribution is -2.53. The summed E-state index contributed by atoms with van der Waals surface area (Å²) in [5.74, 6) is 0.966. The predicted octanol–water partition coefficient (Wildman–Crippen LogP) is 2.25. The van der Waals surface area contributed by atoms with Crippen molar-refractivity contribution >= 4 is 0 Å². The van der Waals surface area contributed by atoms with E-state index in [1.807, 2.05) is 0 Å². The van der Waals surface area contributed by atoms with E-state index in [2.05, 4.69) is 24.1 Å². The maximum absolute atomic E-state index is 3.49. The lowest BCUT2D eigenvalue weighted by Gasteiger charge is -2.39. The van der Waals surface area contributed by atoms with Crippen molar-refractivity contribution in [3.05, 3.63) is 0 Å². The molecule has 15 heavy (non-hydrogen) atoms. The van der Waals surface area contributed by atoms with Crippen LogP contribution in [0.25, 0.3) is 0 Å². The first-order valence-corrected chi connectivity index (χ1v) is 6.74. The summed E-state index contributed by atoms with van der Waals surface area (Å²) in [5.41, 5.74) is 0. The van der Waals surface area contributed by atoms with E-state index < -0.39 is 0 Å². The SMILES string of the molecule is CC1CCCC(N2CCNCC2C)CC1. The topological polar surface area (TPSA) is 15.3 Å². The van der Waals surface area contributed by atoms with Gasteiger partial charge in [0.25, 0.3) is 0 Å². The highest BCUT2D eigenvalue weighted by atomic mass is 15.2. The van der Waals surface area contributed by atoms with Crippen LogP contribution in [0.15, 0.2) is 0 Å². The average Bonchev–Trinajstić information content (AvgIpc) is 2.44. The van der Waals surface area contributed by atoms with Gasteiger partial charge in [0.1, 0.15) is 0 Å². The van der Waals surface area contributed by atoms with Gasteiger partial charge in [0.05, 0.1) is 0 Å². The third kappa shape index (κ3) is 2.94. The minimum atomic E-state index is 0.747. The second-order valence-corrected chi connectivity index (χ2v) is 5.56. The van der Waals surface area contributed by atoms with Crippen LogP contribution >= 0.6 is 0 Å². The zero-order chi connectivity index (χ0) is 10.7. The van der Waals surface area contributed by atoms with Crippen molar-refractivity contribution in [2.24, 2.45) is 5.92 Å². The van der Waals surface area contributed by atoms with Gasteiger partial charge in [-0.3, -0.25) is 4.90 Å². The highest BCUT2D eigenvalue weighted by Crippen LogP contribution is 2.27. The van der Waals surface area contributed by atoms with E-state index in [0.717, 1.165) is 18.0 Å². The van der Waals surface area contributed by atoms with Crippen LogP contribution in [0.3, 0.4) is 0 Å². The molecule has 0 aromatic heterocycles. The van der Waals surface area contributed by atoms with Crippen molar-refractivity contribution in [3.8, 4) is 0 Å². The van der Waals surface area contributed by atoms with Gasteiger partial charge in [0.15, 0.2) is 0 Å². The summed E-state index contributed by atoms with van der Waals surface area (Å²) in [6, 6.07) is 1.63. The standard InChI is InChI=1S/C13H26N2/c1-11-4-3-5-13(7-6-11)15-9-8-14-10-12(15)2/h11-14H,3-10H2,1-2H3. The second-order valence-electron chi connectivity index (χ2n) is 5.56. The second kappa shape index (κ2) is 5.31. The first-order chi connectivity index (χ1) is 7.27. The molecule has 2 aliphatic rings. The summed E-state index contributed by atoms with van der Waals surface area (Å²) in [5, 5.41) is 3.49. The maximum atomic E-state index is 3.49. The maximum Gasteiger partial charge on any atom is 0.0195 e. The molecule has 1 saturated heterocycles. The van der Waals surface area contributed by atoms with Crippen LogP contribution in [0.5, 0.6) is 0 Å². The van der Waals surface area contributed by atoms with E-state index in [4.69, 9.17) is 0 Å². The molecule has 2 heteroatoms. The van der Waals surface area contributed by atoms with E-state index in [0.29, 0.717) is 0 Å². The molecule has 0 aromatic rings. The molecule has 3 unspecified atom stereocenters. The first kappa shape index (κ1) is 11.4. The van der Waals surface area contributed by atoms with Crippen LogP contribution in [0, 0.1) is 5.92 Å². The van der Waals surface area contributed by atoms with Crippen molar-refractivity contribution in [2.45, 2.75) is 58.0 Å². The monoisotopic (exact) mass is 210 g/mol. The Labute approximate surface area is 94.4 Å². The third-order valence-electron chi connectivity index (χ3n) is 4.25. The summed E-state index contributed by atoms with van der Waals surface area (Å²) >= 11 is 0.